The van der Waals surface area contributed by atoms with Crippen LogP contribution in [0.3, 0.4) is 0 Å². The molecule has 1 heterocycles. The van der Waals surface area contributed by atoms with E-state index >= 15 is 0 Å². The Balaban J connectivity index is 2.60. The van der Waals surface area contributed by atoms with Crippen molar-refractivity contribution in [1.29, 1.82) is 0 Å². The predicted octanol–water partition coefficient (Wildman–Crippen LogP) is 7.49. The lowest BCUT2D eigenvalue weighted by Gasteiger charge is -2.49. The zero-order valence-corrected chi connectivity index (χ0v) is 34.7. The molecule has 0 aromatic heterocycles. The zero-order chi connectivity index (χ0) is 40.7. The van der Waals surface area contributed by atoms with Crippen molar-refractivity contribution in [3.63, 3.8) is 0 Å². The van der Waals surface area contributed by atoms with Gasteiger partial charge in [0.15, 0.2) is 17.2 Å². The zero-order valence-electron chi connectivity index (χ0n) is 34.7. The summed E-state index contributed by atoms with van der Waals surface area (Å²) in [6.45, 7) is 3.62. The summed E-state index contributed by atoms with van der Waals surface area (Å²) in [5, 5.41) is 75.6. The monoisotopic (exact) mass is 783 g/mol. The SMILES string of the molecule is CCCCCCCC/C=C\CCCCCCCC(=O)C(O)C(O)(C(O)C(=O)CCCCCCC/C=C\CCCCCCCC)C1O[C@H](CO)[C@@H](O)[C@H](O)[C@H]1O. The Hall–Kier alpha value is -1.50. The van der Waals surface area contributed by atoms with Crippen molar-refractivity contribution in [2.24, 2.45) is 0 Å². The van der Waals surface area contributed by atoms with Gasteiger partial charge in [-0.1, -0.05) is 141 Å². The topological polar surface area (TPSA) is 185 Å². The van der Waals surface area contributed by atoms with Crippen molar-refractivity contribution in [2.75, 3.05) is 6.61 Å². The lowest BCUT2D eigenvalue weighted by Crippen LogP contribution is -2.73. The quantitative estimate of drug-likeness (QED) is 0.0248. The van der Waals surface area contributed by atoms with Crippen LogP contribution in [0.2, 0.25) is 0 Å². The second-order valence-corrected chi connectivity index (χ2v) is 16.0. The lowest BCUT2D eigenvalue weighted by molar-refractivity contribution is -0.296. The van der Waals surface area contributed by atoms with E-state index in [9.17, 15) is 45.3 Å². The van der Waals surface area contributed by atoms with Crippen LogP contribution in [0.4, 0.5) is 0 Å². The Kier molecular flexibility index (Phi) is 30.4. The fraction of sp³-hybridized carbons (Fsp3) is 0.867. The molecule has 0 saturated carbocycles. The van der Waals surface area contributed by atoms with Gasteiger partial charge >= 0.3 is 0 Å². The number of allylic oxidation sites excluding steroid dienone is 4. The Labute approximate surface area is 333 Å². The van der Waals surface area contributed by atoms with E-state index in [0.717, 1.165) is 64.2 Å². The van der Waals surface area contributed by atoms with Crippen molar-refractivity contribution in [2.45, 2.75) is 242 Å². The van der Waals surface area contributed by atoms with Gasteiger partial charge in [0.05, 0.1) is 6.61 Å². The average molecular weight is 783 g/mol. The van der Waals surface area contributed by atoms with Crippen LogP contribution in [0.15, 0.2) is 24.3 Å². The van der Waals surface area contributed by atoms with Gasteiger partial charge in [0.25, 0.3) is 0 Å². The number of unbranched alkanes of at least 4 members (excludes halogenated alkanes) is 22. The Morgan fingerprint density at radius 2 is 0.855 bits per heavy atom. The Morgan fingerprint density at radius 3 is 1.20 bits per heavy atom. The van der Waals surface area contributed by atoms with Crippen LogP contribution in [0, 0.1) is 0 Å². The van der Waals surface area contributed by atoms with Crippen LogP contribution in [0.5, 0.6) is 0 Å². The summed E-state index contributed by atoms with van der Waals surface area (Å²) in [6.07, 6.45) is 22.4. The van der Waals surface area contributed by atoms with Gasteiger partial charge in [-0.05, 0) is 64.2 Å². The molecule has 0 aromatic rings. The maximum absolute atomic E-state index is 13.3. The van der Waals surface area contributed by atoms with Crippen LogP contribution < -0.4 is 0 Å². The summed E-state index contributed by atoms with van der Waals surface area (Å²) in [4.78, 5) is 26.5. The number of ketones is 2. The van der Waals surface area contributed by atoms with Gasteiger partial charge in [0.1, 0.15) is 42.7 Å². The molecule has 55 heavy (non-hydrogen) atoms. The minimum atomic E-state index is -3.04. The number of ether oxygens (including phenoxy) is 1. The van der Waals surface area contributed by atoms with Crippen LogP contribution in [0.25, 0.3) is 0 Å². The normalized spacial score (nSPS) is 22.7. The highest BCUT2D eigenvalue weighted by atomic mass is 16.6. The highest BCUT2D eigenvalue weighted by Crippen LogP contribution is 2.35. The van der Waals surface area contributed by atoms with Crippen LogP contribution >= 0.6 is 0 Å². The third-order valence-electron chi connectivity index (χ3n) is 11.2. The van der Waals surface area contributed by atoms with Crippen molar-refractivity contribution in [1.82, 2.24) is 0 Å². The van der Waals surface area contributed by atoms with Gasteiger partial charge in [-0.15, -0.1) is 0 Å². The summed E-state index contributed by atoms with van der Waals surface area (Å²) in [5.74, 6) is -1.69. The maximum Gasteiger partial charge on any atom is 0.164 e. The van der Waals surface area contributed by atoms with E-state index in [1.54, 1.807) is 0 Å². The molecule has 7 atom stereocenters. The molecule has 10 heteroatoms. The van der Waals surface area contributed by atoms with E-state index in [2.05, 4.69) is 38.2 Å². The first-order valence-corrected chi connectivity index (χ1v) is 22.3. The van der Waals surface area contributed by atoms with E-state index in [0.29, 0.717) is 25.7 Å². The largest absolute Gasteiger partial charge is 0.394 e. The first kappa shape index (κ1) is 51.5. The standard InChI is InChI=1S/C45H82O10/c1-3-5-7-9-11-13-15-17-19-21-23-25-27-29-31-33-36(47)42(52)45(54,44-41(51)40(50)39(49)38(35-46)55-44)43(53)37(48)34-32-30-28-26-24-22-20-18-16-14-12-10-8-6-4-2/h17-20,38-44,46,49-54H,3-16,21-35H2,1-2H3/b19-17-,20-18-/t38-,39-,40+,41-,42?,43?,44?,45?/m1/s1. The number of carbonyl (C=O) groups is 2. The molecule has 3 unspecified atom stereocenters. The molecule has 10 nitrogen and oxygen atoms in total. The minimum Gasteiger partial charge on any atom is -0.394 e. The fourth-order valence-corrected chi connectivity index (χ4v) is 7.47. The molecule has 1 saturated heterocycles. The van der Waals surface area contributed by atoms with Crippen LogP contribution in [-0.4, -0.2) is 102 Å². The van der Waals surface area contributed by atoms with Crippen molar-refractivity contribution in [3.05, 3.63) is 24.3 Å². The van der Waals surface area contributed by atoms with E-state index < -0.39 is 66.5 Å². The van der Waals surface area contributed by atoms with Gasteiger partial charge in [-0.25, -0.2) is 0 Å². The third-order valence-corrected chi connectivity index (χ3v) is 11.2. The van der Waals surface area contributed by atoms with E-state index in [1.165, 1.54) is 77.0 Å². The molecule has 1 aliphatic heterocycles. The number of carbonyl (C=O) groups excluding carboxylic acids is 2. The predicted molar refractivity (Wildman–Crippen MR) is 220 cm³/mol. The lowest BCUT2D eigenvalue weighted by atomic mass is 9.74. The summed E-state index contributed by atoms with van der Waals surface area (Å²) in [7, 11) is 0. The molecule has 0 aliphatic carbocycles. The van der Waals surface area contributed by atoms with Crippen LogP contribution in [-0.2, 0) is 14.3 Å². The highest BCUT2D eigenvalue weighted by Gasteiger charge is 2.61. The molecule has 0 aromatic carbocycles. The summed E-state index contributed by atoms with van der Waals surface area (Å²) >= 11 is 0. The Bertz CT molecular complexity index is 956. The van der Waals surface area contributed by atoms with Gasteiger partial charge in [0.2, 0.25) is 0 Å². The van der Waals surface area contributed by atoms with Gasteiger partial charge in [-0.2, -0.15) is 0 Å². The molecular weight excluding hydrogens is 700 g/mol. The summed E-state index contributed by atoms with van der Waals surface area (Å²) < 4.78 is 5.50. The van der Waals surface area contributed by atoms with Gasteiger partial charge in [0, 0.05) is 12.8 Å². The first-order valence-electron chi connectivity index (χ1n) is 22.3. The number of aliphatic hydroxyl groups is 7. The van der Waals surface area contributed by atoms with E-state index in [1.807, 2.05) is 0 Å². The van der Waals surface area contributed by atoms with Gasteiger partial charge < -0.3 is 40.5 Å². The second-order valence-electron chi connectivity index (χ2n) is 16.0. The van der Waals surface area contributed by atoms with Crippen molar-refractivity contribution in [3.8, 4) is 0 Å². The fourth-order valence-electron chi connectivity index (χ4n) is 7.47. The first-order chi connectivity index (χ1) is 26.6. The molecule has 7 N–H and O–H groups in total. The highest BCUT2D eigenvalue weighted by molar-refractivity contribution is 5.89. The van der Waals surface area contributed by atoms with E-state index in [-0.39, 0.29) is 12.8 Å². The number of hydrogen-bond donors (Lipinski definition) is 7. The molecule has 0 radical (unpaired) electrons. The molecule has 1 rings (SSSR count). The third kappa shape index (κ3) is 20.7. The number of aliphatic hydroxyl groups excluding tert-OH is 6. The smallest absolute Gasteiger partial charge is 0.164 e. The number of rotatable bonds is 36. The molecule has 0 spiro atoms. The van der Waals surface area contributed by atoms with Crippen LogP contribution in [0.1, 0.15) is 194 Å². The Morgan fingerprint density at radius 1 is 0.527 bits per heavy atom. The van der Waals surface area contributed by atoms with Gasteiger partial charge in [-0.3, -0.25) is 9.59 Å². The van der Waals surface area contributed by atoms with Crippen molar-refractivity contribution < 1.29 is 50.1 Å². The molecule has 322 valence electrons. The molecule has 1 aliphatic rings. The molecule has 0 amide bonds. The van der Waals surface area contributed by atoms with Crippen molar-refractivity contribution >= 4 is 11.6 Å². The minimum absolute atomic E-state index is 0.145. The summed E-state index contributed by atoms with van der Waals surface area (Å²) in [5.41, 5.74) is -3.04. The molecular formula is C45H82O10. The maximum atomic E-state index is 13.3. The number of Topliss-reactive ketones (excluding diaryl/α,β-unsaturated/α-hetero) is 2. The summed E-state index contributed by atoms with van der Waals surface area (Å²) in [6, 6.07) is 0. The number of hydrogen-bond acceptors (Lipinski definition) is 10. The second kappa shape index (κ2) is 32.5. The molecule has 0 bridgehead atoms. The van der Waals surface area contributed by atoms with E-state index in [4.69, 9.17) is 4.74 Å². The molecule has 1 fully saturated rings. The average Bonchev–Trinajstić information content (AvgIpc) is 3.18.